The van der Waals surface area contributed by atoms with E-state index in [1.54, 1.807) is 0 Å². The first-order chi connectivity index (χ1) is 3.41. The second-order valence-corrected chi connectivity index (χ2v) is 1.56. The molecule has 0 aliphatic carbocycles. The van der Waals surface area contributed by atoms with E-state index in [1.165, 1.54) is 6.42 Å². The van der Waals surface area contributed by atoms with Gasteiger partial charge in [0.15, 0.2) is 0 Å². The summed E-state index contributed by atoms with van der Waals surface area (Å²) in [5.74, 6) is 0. The van der Waals surface area contributed by atoms with Crippen molar-refractivity contribution in [3.8, 4) is 0 Å². The van der Waals surface area contributed by atoms with Gasteiger partial charge < -0.3 is 5.32 Å². The van der Waals surface area contributed by atoms with Gasteiger partial charge in [-0.15, -0.1) is 0 Å². The van der Waals surface area contributed by atoms with Gasteiger partial charge in [-0.25, -0.2) is 0 Å². The zero-order valence-electron chi connectivity index (χ0n) is 5.04. The lowest BCUT2D eigenvalue weighted by atomic mass is 10.3. The van der Waals surface area contributed by atoms with Gasteiger partial charge in [-0.2, -0.15) is 0 Å². The first kappa shape index (κ1) is 6.96. The Bertz CT molecular complexity index is 23.4. The maximum atomic E-state index is 3.72. The van der Waals surface area contributed by atoms with Gasteiger partial charge in [0, 0.05) is 0 Å². The van der Waals surface area contributed by atoms with E-state index in [2.05, 4.69) is 19.2 Å². The van der Waals surface area contributed by atoms with Crippen molar-refractivity contribution in [3.05, 3.63) is 6.92 Å². The Morgan fingerprint density at radius 1 is 1.57 bits per heavy atom. The van der Waals surface area contributed by atoms with Crippen LogP contribution in [-0.2, 0) is 0 Å². The van der Waals surface area contributed by atoms with Crippen molar-refractivity contribution in [3.63, 3.8) is 0 Å². The van der Waals surface area contributed by atoms with E-state index in [0.717, 1.165) is 19.5 Å². The lowest BCUT2D eigenvalue weighted by Crippen LogP contribution is -2.13. The number of hydrogen-bond acceptors (Lipinski definition) is 1. The molecule has 0 heterocycles. The van der Waals surface area contributed by atoms with Gasteiger partial charge in [-0.1, -0.05) is 20.3 Å². The van der Waals surface area contributed by atoms with E-state index in [4.69, 9.17) is 0 Å². The van der Waals surface area contributed by atoms with Crippen LogP contribution in [0.3, 0.4) is 0 Å². The molecule has 1 nitrogen and oxygen atoms in total. The number of rotatable bonds is 4. The summed E-state index contributed by atoms with van der Waals surface area (Å²) in [6.07, 6.45) is 2.25. The predicted molar refractivity (Wildman–Crippen MR) is 33.1 cm³/mol. The van der Waals surface area contributed by atoms with Gasteiger partial charge in [-0.05, 0) is 19.5 Å². The summed E-state index contributed by atoms with van der Waals surface area (Å²) in [6.45, 7) is 8.04. The van der Waals surface area contributed by atoms with Gasteiger partial charge in [-0.3, -0.25) is 0 Å². The van der Waals surface area contributed by atoms with E-state index >= 15 is 0 Å². The highest BCUT2D eigenvalue weighted by Gasteiger charge is 1.77. The van der Waals surface area contributed by atoms with E-state index in [0.29, 0.717) is 0 Å². The Hall–Kier alpha value is -0.0400. The van der Waals surface area contributed by atoms with E-state index in [9.17, 15) is 0 Å². The average Bonchev–Trinajstić information content (AvgIpc) is 1.69. The second kappa shape index (κ2) is 5.96. The summed E-state index contributed by atoms with van der Waals surface area (Å²) >= 11 is 0. The summed E-state index contributed by atoms with van der Waals surface area (Å²) in [5, 5.41) is 3.21. The van der Waals surface area contributed by atoms with E-state index in [1.807, 2.05) is 0 Å². The average molecular weight is 100 g/mol. The zero-order chi connectivity index (χ0) is 5.54. The first-order valence-electron chi connectivity index (χ1n) is 2.91. The van der Waals surface area contributed by atoms with E-state index < -0.39 is 0 Å². The molecule has 0 aromatic rings. The van der Waals surface area contributed by atoms with Crippen molar-refractivity contribution in [2.24, 2.45) is 0 Å². The minimum atomic E-state index is 1.05. The quantitative estimate of drug-likeness (QED) is 0.524. The SMILES string of the molecule is [CH2]CCCNCC. The molecule has 0 fully saturated rings. The fourth-order valence-corrected chi connectivity index (χ4v) is 0.427. The van der Waals surface area contributed by atoms with Crippen LogP contribution >= 0.6 is 0 Å². The summed E-state index contributed by atoms with van der Waals surface area (Å²) < 4.78 is 0. The predicted octanol–water partition coefficient (Wildman–Crippen LogP) is 1.21. The maximum Gasteiger partial charge on any atom is -0.00490 e. The Kier molecular flexibility index (Phi) is 5.93. The highest BCUT2D eigenvalue weighted by atomic mass is 14.8. The van der Waals surface area contributed by atoms with Crippen LogP contribution in [0.1, 0.15) is 19.8 Å². The molecule has 0 saturated heterocycles. The topological polar surface area (TPSA) is 12.0 Å². The lowest BCUT2D eigenvalue weighted by Gasteiger charge is -1.94. The van der Waals surface area contributed by atoms with Crippen molar-refractivity contribution < 1.29 is 0 Å². The van der Waals surface area contributed by atoms with E-state index in [-0.39, 0.29) is 0 Å². The maximum absolute atomic E-state index is 3.72. The highest BCUT2D eigenvalue weighted by Crippen LogP contribution is 1.79. The first-order valence-corrected chi connectivity index (χ1v) is 2.91. The Morgan fingerprint density at radius 2 is 2.29 bits per heavy atom. The van der Waals surface area contributed by atoms with Crippen LogP contribution in [0.5, 0.6) is 0 Å². The molecule has 0 atom stereocenters. The zero-order valence-corrected chi connectivity index (χ0v) is 5.04. The van der Waals surface area contributed by atoms with Crippen LogP contribution < -0.4 is 5.32 Å². The van der Waals surface area contributed by atoms with Gasteiger partial charge in [0.05, 0.1) is 0 Å². The van der Waals surface area contributed by atoms with Crippen molar-refractivity contribution >= 4 is 0 Å². The molecule has 0 bridgehead atoms. The van der Waals surface area contributed by atoms with Gasteiger partial charge in [0.25, 0.3) is 0 Å². The Labute approximate surface area is 46.1 Å². The minimum Gasteiger partial charge on any atom is -0.317 e. The van der Waals surface area contributed by atoms with Crippen LogP contribution in [0.25, 0.3) is 0 Å². The molecule has 43 valence electrons. The third-order valence-corrected chi connectivity index (χ3v) is 0.854. The van der Waals surface area contributed by atoms with Crippen LogP contribution in [0.2, 0.25) is 0 Å². The number of hydrogen-bond donors (Lipinski definition) is 1. The summed E-state index contributed by atoms with van der Waals surface area (Å²) in [5.41, 5.74) is 0. The minimum absolute atomic E-state index is 1.05. The van der Waals surface area contributed by atoms with Gasteiger partial charge in [0.1, 0.15) is 0 Å². The lowest BCUT2D eigenvalue weighted by molar-refractivity contribution is 0.678. The van der Waals surface area contributed by atoms with Crippen LogP contribution in [0.4, 0.5) is 0 Å². The fourth-order valence-electron chi connectivity index (χ4n) is 0.427. The normalized spacial score (nSPS) is 9.43. The number of unbranched alkanes of at least 4 members (excludes halogenated alkanes) is 1. The molecule has 0 aliphatic heterocycles. The third kappa shape index (κ3) is 5.96. The smallest absolute Gasteiger partial charge is 0.00490 e. The largest absolute Gasteiger partial charge is 0.317 e. The van der Waals surface area contributed by atoms with Crippen LogP contribution in [-0.4, -0.2) is 13.1 Å². The molecule has 1 radical (unpaired) electrons. The summed E-state index contributed by atoms with van der Waals surface area (Å²) in [7, 11) is 0. The molecule has 0 amide bonds. The van der Waals surface area contributed by atoms with Crippen molar-refractivity contribution in [2.45, 2.75) is 19.8 Å². The second-order valence-electron chi connectivity index (χ2n) is 1.56. The molecule has 0 unspecified atom stereocenters. The molecular formula is C6H14N. The molecule has 0 aliphatic rings. The Balaban J connectivity index is 2.45. The van der Waals surface area contributed by atoms with Crippen molar-refractivity contribution in [1.82, 2.24) is 5.32 Å². The number of nitrogens with one attached hydrogen (secondary N) is 1. The highest BCUT2D eigenvalue weighted by molar-refractivity contribution is 4.44. The van der Waals surface area contributed by atoms with Crippen LogP contribution in [0.15, 0.2) is 0 Å². The van der Waals surface area contributed by atoms with Gasteiger partial charge in [0.2, 0.25) is 0 Å². The van der Waals surface area contributed by atoms with Gasteiger partial charge >= 0.3 is 0 Å². The summed E-state index contributed by atoms with van der Waals surface area (Å²) in [6, 6.07) is 0. The standard InChI is InChI=1S/C6H14N/c1-3-5-6-7-4-2/h7H,1,3-6H2,2H3. The molecule has 0 saturated carbocycles. The molecule has 0 spiro atoms. The molecule has 0 aromatic carbocycles. The molecule has 7 heavy (non-hydrogen) atoms. The molecular weight excluding hydrogens is 86.1 g/mol. The van der Waals surface area contributed by atoms with Crippen molar-refractivity contribution in [2.75, 3.05) is 13.1 Å². The van der Waals surface area contributed by atoms with Crippen LogP contribution in [0, 0.1) is 6.92 Å². The third-order valence-electron chi connectivity index (χ3n) is 0.854. The monoisotopic (exact) mass is 100 g/mol. The summed E-state index contributed by atoms with van der Waals surface area (Å²) in [4.78, 5) is 0. The Morgan fingerprint density at radius 3 is 2.71 bits per heavy atom. The molecule has 0 aromatic heterocycles. The fraction of sp³-hybridized carbons (Fsp3) is 0.833. The molecule has 1 N–H and O–H groups in total. The molecule has 1 heteroatoms. The molecule has 0 rings (SSSR count). The van der Waals surface area contributed by atoms with Crippen molar-refractivity contribution in [1.29, 1.82) is 0 Å².